The highest BCUT2D eigenvalue weighted by Crippen LogP contribution is 2.13. The van der Waals surface area contributed by atoms with Crippen molar-refractivity contribution < 1.29 is 29.3 Å². The third-order valence-corrected chi connectivity index (χ3v) is 3.31. The first-order chi connectivity index (χ1) is 11.3. The number of ether oxygens (including phenoxy) is 1. The van der Waals surface area contributed by atoms with Gasteiger partial charge in [0.25, 0.3) is 5.91 Å². The highest BCUT2D eigenvalue weighted by atomic mass is 16.5. The Bertz CT molecular complexity index is 567. The molecule has 1 amide bonds. The topological polar surface area (TPSA) is 119 Å². The van der Waals surface area contributed by atoms with Gasteiger partial charge in [-0.2, -0.15) is 0 Å². The molecule has 0 aromatic heterocycles. The van der Waals surface area contributed by atoms with Crippen LogP contribution in [0.3, 0.4) is 0 Å². The number of nitrogens with one attached hydrogen (secondary N) is 1. The van der Waals surface area contributed by atoms with Crippen molar-refractivity contribution in [1.29, 1.82) is 0 Å². The van der Waals surface area contributed by atoms with Gasteiger partial charge in [0.1, 0.15) is 5.75 Å². The molecule has 0 fully saturated rings. The van der Waals surface area contributed by atoms with Gasteiger partial charge < -0.3 is 29.9 Å². The standard InChI is InChI=1S/C17H23NO6/c1-11(2)9-10-24-13-5-3-12(4-6-13)16(21)18-14(17(22)23)7-8-15(19)20/h3-6,11,14H,7-10H2,1-2H3,(H,18,21)(H,19,20)(H,22,23)/p-2. The summed E-state index contributed by atoms with van der Waals surface area (Å²) in [4.78, 5) is 33.4. The van der Waals surface area contributed by atoms with Gasteiger partial charge >= 0.3 is 0 Å². The molecule has 0 bridgehead atoms. The maximum Gasteiger partial charge on any atom is 0.251 e. The van der Waals surface area contributed by atoms with Crippen molar-refractivity contribution in [2.45, 2.75) is 39.2 Å². The molecule has 1 aromatic rings. The molecule has 0 radical (unpaired) electrons. The average molecular weight is 335 g/mol. The summed E-state index contributed by atoms with van der Waals surface area (Å²) in [6.07, 6.45) is 0.127. The van der Waals surface area contributed by atoms with E-state index in [1.807, 2.05) is 0 Å². The summed E-state index contributed by atoms with van der Waals surface area (Å²) in [5.74, 6) is -2.42. The maximum absolute atomic E-state index is 12.0. The van der Waals surface area contributed by atoms with Crippen LogP contribution in [0.5, 0.6) is 5.75 Å². The first-order valence-electron chi connectivity index (χ1n) is 7.74. The molecule has 0 heterocycles. The normalized spacial score (nSPS) is 11.8. The largest absolute Gasteiger partial charge is 0.550 e. The summed E-state index contributed by atoms with van der Waals surface area (Å²) in [5, 5.41) is 23.6. The highest BCUT2D eigenvalue weighted by molar-refractivity contribution is 5.96. The first kappa shape index (κ1) is 19.5. The van der Waals surface area contributed by atoms with Gasteiger partial charge in [-0.3, -0.25) is 4.79 Å². The third kappa shape index (κ3) is 7.13. The smallest absolute Gasteiger partial charge is 0.251 e. The third-order valence-electron chi connectivity index (χ3n) is 3.31. The Hall–Kier alpha value is -2.57. The van der Waals surface area contributed by atoms with Gasteiger partial charge in [0, 0.05) is 11.5 Å². The summed E-state index contributed by atoms with van der Waals surface area (Å²) in [6, 6.07) is 4.85. The number of hydrogen-bond acceptors (Lipinski definition) is 6. The van der Waals surface area contributed by atoms with Crippen LogP contribution in [-0.4, -0.2) is 30.5 Å². The van der Waals surface area contributed by atoms with Gasteiger partial charge in [-0.05, 0) is 49.4 Å². The molecule has 1 N–H and O–H groups in total. The van der Waals surface area contributed by atoms with E-state index in [1.54, 1.807) is 12.1 Å². The number of amides is 1. The Morgan fingerprint density at radius 1 is 1.08 bits per heavy atom. The fourth-order valence-electron chi connectivity index (χ4n) is 1.87. The molecular weight excluding hydrogens is 314 g/mol. The van der Waals surface area contributed by atoms with E-state index in [9.17, 15) is 24.6 Å². The zero-order valence-corrected chi connectivity index (χ0v) is 13.7. The summed E-state index contributed by atoms with van der Waals surface area (Å²) < 4.78 is 5.53. The van der Waals surface area contributed by atoms with Crippen molar-refractivity contribution in [2.75, 3.05) is 6.61 Å². The fourth-order valence-corrected chi connectivity index (χ4v) is 1.87. The van der Waals surface area contributed by atoms with E-state index in [2.05, 4.69) is 19.2 Å². The predicted octanol–water partition coefficient (Wildman–Crippen LogP) is -0.510. The monoisotopic (exact) mass is 335 g/mol. The van der Waals surface area contributed by atoms with E-state index in [4.69, 9.17) is 4.74 Å². The second kappa shape index (κ2) is 9.54. The number of aliphatic carboxylic acids is 2. The number of carboxylic acid groups (broad SMARTS) is 2. The van der Waals surface area contributed by atoms with E-state index in [0.717, 1.165) is 6.42 Å². The Morgan fingerprint density at radius 3 is 2.21 bits per heavy atom. The molecule has 0 saturated carbocycles. The zero-order chi connectivity index (χ0) is 18.1. The minimum Gasteiger partial charge on any atom is -0.550 e. The number of benzene rings is 1. The summed E-state index contributed by atoms with van der Waals surface area (Å²) in [5.41, 5.74) is 0.242. The number of carbonyl (C=O) groups excluding carboxylic acids is 3. The van der Waals surface area contributed by atoms with Gasteiger partial charge in [-0.15, -0.1) is 0 Å². The summed E-state index contributed by atoms with van der Waals surface area (Å²) in [7, 11) is 0. The van der Waals surface area contributed by atoms with Crippen LogP contribution in [-0.2, 0) is 9.59 Å². The van der Waals surface area contributed by atoms with Gasteiger partial charge in [-0.25, -0.2) is 0 Å². The molecule has 0 aliphatic carbocycles. The van der Waals surface area contributed by atoms with Crippen LogP contribution in [0.4, 0.5) is 0 Å². The molecule has 7 heteroatoms. The molecule has 1 unspecified atom stereocenters. The van der Waals surface area contributed by atoms with Crippen LogP contribution >= 0.6 is 0 Å². The van der Waals surface area contributed by atoms with Crippen LogP contribution in [0.2, 0.25) is 0 Å². The molecule has 0 aliphatic heterocycles. The lowest BCUT2D eigenvalue weighted by Crippen LogP contribution is -2.48. The first-order valence-corrected chi connectivity index (χ1v) is 7.74. The molecule has 1 aromatic carbocycles. The zero-order valence-electron chi connectivity index (χ0n) is 13.7. The molecule has 1 atom stereocenters. The fraction of sp³-hybridized carbons (Fsp3) is 0.471. The lowest BCUT2D eigenvalue weighted by atomic mass is 10.1. The highest BCUT2D eigenvalue weighted by Gasteiger charge is 2.15. The van der Waals surface area contributed by atoms with Crippen molar-refractivity contribution in [1.82, 2.24) is 5.32 Å². The van der Waals surface area contributed by atoms with Crippen LogP contribution in [0.1, 0.15) is 43.5 Å². The predicted molar refractivity (Wildman–Crippen MR) is 81.9 cm³/mol. The molecule has 24 heavy (non-hydrogen) atoms. The summed E-state index contributed by atoms with van der Waals surface area (Å²) in [6.45, 7) is 4.75. The lowest BCUT2D eigenvalue weighted by Gasteiger charge is -2.20. The van der Waals surface area contributed by atoms with Crippen LogP contribution in [0.25, 0.3) is 0 Å². The van der Waals surface area contributed by atoms with E-state index in [1.165, 1.54) is 12.1 Å². The molecule has 7 nitrogen and oxygen atoms in total. The van der Waals surface area contributed by atoms with Crippen molar-refractivity contribution in [2.24, 2.45) is 5.92 Å². The SMILES string of the molecule is CC(C)CCOc1ccc(C(=O)NC(CCC(=O)[O-])C(=O)[O-])cc1. The minimum absolute atomic E-state index is 0.242. The van der Waals surface area contributed by atoms with Gasteiger partial charge in [-0.1, -0.05) is 13.8 Å². The maximum atomic E-state index is 12.0. The number of hydrogen-bond donors (Lipinski definition) is 1. The van der Waals surface area contributed by atoms with Crippen LogP contribution < -0.4 is 20.3 Å². The molecule has 0 saturated heterocycles. The number of carboxylic acids is 2. The lowest BCUT2D eigenvalue weighted by molar-refractivity contribution is -0.309. The molecule has 0 spiro atoms. The van der Waals surface area contributed by atoms with Gasteiger partial charge in [0.15, 0.2) is 0 Å². The number of rotatable bonds is 10. The van der Waals surface area contributed by atoms with Crippen molar-refractivity contribution >= 4 is 17.8 Å². The van der Waals surface area contributed by atoms with Crippen molar-refractivity contribution in [3.8, 4) is 5.75 Å². The van der Waals surface area contributed by atoms with Crippen molar-refractivity contribution in [3.05, 3.63) is 29.8 Å². The minimum atomic E-state index is -1.54. The Balaban J connectivity index is 2.59. The molecule has 0 aliphatic rings. The number of carbonyl (C=O) groups is 3. The van der Waals surface area contributed by atoms with Gasteiger partial charge in [0.05, 0.1) is 18.6 Å². The Kier molecular flexibility index (Phi) is 7.74. The molecule has 1 rings (SSSR count). The van der Waals surface area contributed by atoms with E-state index >= 15 is 0 Å². The average Bonchev–Trinajstić information content (AvgIpc) is 2.51. The molecular formula is C17H21NO6-2. The van der Waals surface area contributed by atoms with Crippen LogP contribution in [0, 0.1) is 5.92 Å². The van der Waals surface area contributed by atoms with E-state index in [-0.39, 0.29) is 12.0 Å². The van der Waals surface area contributed by atoms with Crippen LogP contribution in [0.15, 0.2) is 24.3 Å². The second-order valence-corrected chi connectivity index (χ2v) is 5.81. The molecule has 132 valence electrons. The Labute approximate surface area is 140 Å². The van der Waals surface area contributed by atoms with Crippen molar-refractivity contribution in [3.63, 3.8) is 0 Å². The Morgan fingerprint density at radius 2 is 1.71 bits per heavy atom. The quantitative estimate of drug-likeness (QED) is 0.615. The summed E-state index contributed by atoms with van der Waals surface area (Å²) >= 11 is 0. The van der Waals surface area contributed by atoms with Gasteiger partial charge in [0.2, 0.25) is 0 Å². The van der Waals surface area contributed by atoms with E-state index < -0.39 is 30.3 Å². The van der Waals surface area contributed by atoms with E-state index in [0.29, 0.717) is 18.3 Å². The second-order valence-electron chi connectivity index (χ2n) is 5.81.